The average molecular weight is 892 g/mol. The second-order valence-electron chi connectivity index (χ2n) is 15.3. The van der Waals surface area contributed by atoms with Crippen LogP contribution in [0.2, 0.25) is 0 Å². The van der Waals surface area contributed by atoms with Crippen molar-refractivity contribution in [2.75, 3.05) is 125 Å². The number of ether oxygens (including phenoxy) is 10. The molecule has 1 aliphatic rings. The molecule has 0 saturated carbocycles. The maximum absolute atomic E-state index is 12.3. The van der Waals surface area contributed by atoms with Gasteiger partial charge in [0.05, 0.1) is 106 Å². The number of fused-ring (bicyclic) bond motifs is 3. The predicted molar refractivity (Wildman–Crippen MR) is 232 cm³/mol. The second-order valence-corrected chi connectivity index (χ2v) is 15.3. The molecular formula is C45H69N3O15. The molecule has 0 radical (unpaired) electrons. The highest BCUT2D eigenvalue weighted by atomic mass is 16.6. The summed E-state index contributed by atoms with van der Waals surface area (Å²) in [5, 5.41) is 17.2. The Kier molecular flexibility index (Phi) is 27.1. The molecule has 4 N–H and O–H groups in total. The zero-order valence-electron chi connectivity index (χ0n) is 37.2. The van der Waals surface area contributed by atoms with Crippen LogP contribution in [-0.2, 0) is 57.0 Å². The minimum absolute atomic E-state index is 0.0234. The molecule has 0 spiro atoms. The van der Waals surface area contributed by atoms with Crippen LogP contribution in [0.15, 0.2) is 48.5 Å². The van der Waals surface area contributed by atoms with E-state index in [1.807, 2.05) is 24.3 Å². The summed E-state index contributed by atoms with van der Waals surface area (Å²) in [5.74, 6) is -1.28. The molecule has 18 heteroatoms. The molecular weight excluding hydrogens is 823 g/mol. The zero-order valence-corrected chi connectivity index (χ0v) is 37.2. The van der Waals surface area contributed by atoms with Crippen LogP contribution in [-0.4, -0.2) is 166 Å². The number of hydrogen-bond donors (Lipinski definition) is 4. The smallest absolute Gasteiger partial charge is 0.408 e. The molecule has 0 fully saturated rings. The minimum atomic E-state index is -1.14. The van der Waals surface area contributed by atoms with Crippen molar-refractivity contribution in [2.45, 2.75) is 64.0 Å². The van der Waals surface area contributed by atoms with E-state index in [-0.39, 0.29) is 37.9 Å². The van der Waals surface area contributed by atoms with E-state index in [1.165, 1.54) is 22.3 Å². The lowest BCUT2D eigenvalue weighted by molar-refractivity contribution is -0.139. The quantitative estimate of drug-likeness (QED) is 0.0702. The number of unbranched alkanes of at least 4 members (excludes halogenated alkanes) is 1. The van der Waals surface area contributed by atoms with Crippen LogP contribution >= 0.6 is 0 Å². The van der Waals surface area contributed by atoms with E-state index >= 15 is 0 Å². The first-order valence-electron chi connectivity index (χ1n) is 21.7. The van der Waals surface area contributed by atoms with Gasteiger partial charge in [-0.2, -0.15) is 0 Å². The van der Waals surface area contributed by atoms with Crippen molar-refractivity contribution in [3.8, 4) is 11.1 Å². The lowest BCUT2D eigenvalue weighted by Crippen LogP contribution is -2.43. The summed E-state index contributed by atoms with van der Waals surface area (Å²) >= 11 is 0. The molecule has 2 aromatic rings. The molecule has 0 aliphatic heterocycles. The fraction of sp³-hybridized carbons (Fsp3) is 0.644. The van der Waals surface area contributed by atoms with E-state index < -0.39 is 29.8 Å². The number of carbonyl (C=O) groups is 4. The maximum atomic E-state index is 12.3. The number of carbonyl (C=O) groups excluding carboxylic acids is 3. The van der Waals surface area contributed by atoms with Crippen molar-refractivity contribution < 1.29 is 71.7 Å². The highest BCUT2D eigenvalue weighted by molar-refractivity contribution is 5.80. The minimum Gasteiger partial charge on any atom is -0.480 e. The van der Waals surface area contributed by atoms with E-state index in [2.05, 4.69) is 40.2 Å². The van der Waals surface area contributed by atoms with Gasteiger partial charge in [-0.15, -0.1) is 0 Å². The third kappa shape index (κ3) is 24.3. The molecule has 0 heterocycles. The first kappa shape index (κ1) is 52.9. The Morgan fingerprint density at radius 3 is 1.48 bits per heavy atom. The van der Waals surface area contributed by atoms with Crippen LogP contribution in [0.3, 0.4) is 0 Å². The first-order valence-corrected chi connectivity index (χ1v) is 21.7. The topological polar surface area (TPSA) is 217 Å². The van der Waals surface area contributed by atoms with E-state index in [4.69, 9.17) is 47.4 Å². The van der Waals surface area contributed by atoms with Crippen molar-refractivity contribution >= 4 is 24.1 Å². The molecule has 63 heavy (non-hydrogen) atoms. The normalized spacial score (nSPS) is 12.6. The summed E-state index contributed by atoms with van der Waals surface area (Å²) in [7, 11) is 0. The molecule has 18 nitrogen and oxygen atoms in total. The highest BCUT2D eigenvalue weighted by Gasteiger charge is 2.29. The Hall–Kier alpha value is -4.40. The van der Waals surface area contributed by atoms with Gasteiger partial charge in [0.1, 0.15) is 18.2 Å². The third-order valence-corrected chi connectivity index (χ3v) is 9.17. The molecule has 0 saturated heterocycles. The number of carboxylic acid groups (broad SMARTS) is 1. The van der Waals surface area contributed by atoms with Crippen molar-refractivity contribution in [3.05, 3.63) is 59.7 Å². The molecule has 1 atom stereocenters. The summed E-state index contributed by atoms with van der Waals surface area (Å²) in [4.78, 5) is 47.5. The first-order chi connectivity index (χ1) is 30.5. The lowest BCUT2D eigenvalue weighted by Gasteiger charge is -2.22. The number of carboxylic acids is 1. The Balaban J connectivity index is 0.966. The number of alkyl carbamates (subject to hydrolysis) is 2. The number of benzene rings is 2. The van der Waals surface area contributed by atoms with Crippen LogP contribution in [0, 0.1) is 0 Å². The molecule has 354 valence electrons. The van der Waals surface area contributed by atoms with Crippen LogP contribution in [0.25, 0.3) is 11.1 Å². The fourth-order valence-corrected chi connectivity index (χ4v) is 6.18. The molecule has 3 rings (SSSR count). The second kappa shape index (κ2) is 32.3. The van der Waals surface area contributed by atoms with E-state index in [1.54, 1.807) is 20.8 Å². The fourth-order valence-electron chi connectivity index (χ4n) is 6.18. The summed E-state index contributed by atoms with van der Waals surface area (Å²) < 4.78 is 54.6. The van der Waals surface area contributed by atoms with Gasteiger partial charge in [-0.05, 0) is 62.3 Å². The summed E-state index contributed by atoms with van der Waals surface area (Å²) in [6.45, 7) is 12.6. The molecule has 2 aromatic carbocycles. The van der Waals surface area contributed by atoms with E-state index in [0.717, 1.165) is 0 Å². The third-order valence-electron chi connectivity index (χ3n) is 9.17. The average Bonchev–Trinajstić information content (AvgIpc) is 3.57. The number of amides is 3. The largest absolute Gasteiger partial charge is 0.480 e. The van der Waals surface area contributed by atoms with Gasteiger partial charge < -0.3 is 68.4 Å². The molecule has 0 unspecified atom stereocenters. The highest BCUT2D eigenvalue weighted by Crippen LogP contribution is 2.44. The maximum Gasteiger partial charge on any atom is 0.408 e. The van der Waals surface area contributed by atoms with Crippen LogP contribution < -0.4 is 16.0 Å². The number of nitrogens with one attached hydrogen (secondary N) is 3. The molecule has 0 aromatic heterocycles. The summed E-state index contributed by atoms with van der Waals surface area (Å²) in [6.07, 6.45) is 0.241. The Morgan fingerprint density at radius 2 is 1.02 bits per heavy atom. The van der Waals surface area contributed by atoms with Crippen LogP contribution in [0.1, 0.15) is 63.5 Å². The molecule has 1 aliphatic carbocycles. The van der Waals surface area contributed by atoms with Gasteiger partial charge in [0, 0.05) is 25.4 Å². The monoisotopic (exact) mass is 891 g/mol. The van der Waals surface area contributed by atoms with Crippen LogP contribution in [0.4, 0.5) is 9.59 Å². The van der Waals surface area contributed by atoms with Gasteiger partial charge in [-0.25, -0.2) is 14.4 Å². The lowest BCUT2D eigenvalue weighted by atomic mass is 9.98. The number of rotatable bonds is 36. The number of hydrogen-bond acceptors (Lipinski definition) is 14. The van der Waals surface area contributed by atoms with E-state index in [0.29, 0.717) is 125 Å². The van der Waals surface area contributed by atoms with Gasteiger partial charge in [-0.3, -0.25) is 4.79 Å². The standard InChI is InChI=1S/C45H69N3O15/c1-45(2,3)63-44(53)48-40(42(50)51)14-8-9-16-46-41(49)15-18-54-20-22-56-24-26-58-28-30-60-32-33-61-31-29-59-27-25-57-23-21-55-19-17-47-43(52)62-34-39-37-12-6-4-10-35(37)36-11-5-7-13-38(36)39/h4-7,10-13,39-40H,8-9,14-34H2,1-3H3,(H,46,49)(H,47,52)(H,48,53)(H,50,51)/t40-/m0/s1. The van der Waals surface area contributed by atoms with Crippen molar-refractivity contribution in [2.24, 2.45) is 0 Å². The summed E-state index contributed by atoms with van der Waals surface area (Å²) in [6, 6.07) is 15.4. The van der Waals surface area contributed by atoms with E-state index in [9.17, 15) is 24.3 Å². The SMILES string of the molecule is CC(C)(C)OC(=O)N[C@@H](CCCCNC(=O)CCOCCOCCOCCOCCOCCOCCOCCOCCNC(=O)OCC1c2ccccc2-c2ccccc21)C(=O)O. The zero-order chi connectivity index (χ0) is 45.4. The van der Waals surface area contributed by atoms with Gasteiger partial charge in [0.25, 0.3) is 0 Å². The van der Waals surface area contributed by atoms with Gasteiger partial charge >= 0.3 is 18.2 Å². The van der Waals surface area contributed by atoms with Gasteiger partial charge in [0.2, 0.25) is 5.91 Å². The van der Waals surface area contributed by atoms with Crippen molar-refractivity contribution in [3.63, 3.8) is 0 Å². The van der Waals surface area contributed by atoms with Crippen LogP contribution in [0.5, 0.6) is 0 Å². The summed E-state index contributed by atoms with van der Waals surface area (Å²) in [5.41, 5.74) is 4.01. The number of aliphatic carboxylic acids is 1. The van der Waals surface area contributed by atoms with Crippen molar-refractivity contribution in [1.29, 1.82) is 0 Å². The Morgan fingerprint density at radius 1 is 0.571 bits per heavy atom. The molecule has 3 amide bonds. The predicted octanol–water partition coefficient (Wildman–Crippen LogP) is 4.31. The van der Waals surface area contributed by atoms with Gasteiger partial charge in [-0.1, -0.05) is 48.5 Å². The Labute approximate surface area is 371 Å². The Bertz CT molecular complexity index is 1550. The van der Waals surface area contributed by atoms with Gasteiger partial charge in [0.15, 0.2) is 0 Å². The molecule has 0 bridgehead atoms. The van der Waals surface area contributed by atoms with Crippen molar-refractivity contribution in [1.82, 2.24) is 16.0 Å².